The van der Waals surface area contributed by atoms with Crippen LogP contribution in [-0.2, 0) is 0 Å². The molecule has 0 radical (unpaired) electrons. The minimum atomic E-state index is -1.05. The first-order chi connectivity index (χ1) is 5.56. The fraction of sp³-hybridized carbons (Fsp3) is 0.800. The van der Waals surface area contributed by atoms with Gasteiger partial charge in [-0.2, -0.15) is 0 Å². The molecule has 1 aliphatic rings. The molecule has 2 heteroatoms. The largest absolute Gasteiger partial charge is 0.306 e. The van der Waals surface area contributed by atoms with Gasteiger partial charge in [-0.05, 0) is 33.4 Å². The topological polar surface area (TPSA) is 3.24 Å². The molecule has 0 spiro atoms. The van der Waals surface area contributed by atoms with Crippen LogP contribution in [0.15, 0.2) is 12.7 Å². The molecule has 2 atom stereocenters. The Morgan fingerprint density at radius 2 is 2.33 bits per heavy atom. The van der Waals surface area contributed by atoms with Crippen LogP contribution >= 0.6 is 0 Å². The van der Waals surface area contributed by atoms with E-state index in [1.165, 1.54) is 0 Å². The third kappa shape index (κ3) is 2.07. The van der Waals surface area contributed by atoms with E-state index >= 15 is 0 Å². The molecule has 0 aromatic rings. The Kier molecular flexibility index (Phi) is 2.89. The lowest BCUT2D eigenvalue weighted by Crippen LogP contribution is -2.33. The average molecular weight is 171 g/mol. The number of halogens is 1. The SMILES string of the molecule is C=C[C@@H]1CN(C)CCC[C@]1(C)F. The molecule has 1 fully saturated rings. The molecule has 70 valence electrons. The quantitative estimate of drug-likeness (QED) is 0.547. The maximum atomic E-state index is 13.9. The highest BCUT2D eigenvalue weighted by Gasteiger charge is 2.34. The zero-order valence-electron chi connectivity index (χ0n) is 8.02. The second-order valence-corrected chi connectivity index (χ2v) is 3.99. The Labute approximate surface area is 74.3 Å². The normalized spacial score (nSPS) is 39.1. The molecule has 1 rings (SSSR count). The minimum Gasteiger partial charge on any atom is -0.306 e. The summed E-state index contributed by atoms with van der Waals surface area (Å²) in [4.78, 5) is 2.18. The molecule has 0 aromatic carbocycles. The van der Waals surface area contributed by atoms with Crippen molar-refractivity contribution in [2.45, 2.75) is 25.4 Å². The van der Waals surface area contributed by atoms with Crippen LogP contribution in [0.4, 0.5) is 4.39 Å². The lowest BCUT2D eigenvalue weighted by atomic mass is 9.88. The van der Waals surface area contributed by atoms with Gasteiger partial charge in [-0.25, -0.2) is 4.39 Å². The molecule has 1 saturated heterocycles. The predicted molar refractivity (Wildman–Crippen MR) is 49.9 cm³/mol. The van der Waals surface area contributed by atoms with Gasteiger partial charge >= 0.3 is 0 Å². The fourth-order valence-electron chi connectivity index (χ4n) is 1.82. The molecule has 1 nitrogen and oxygen atoms in total. The Morgan fingerprint density at radius 1 is 1.67 bits per heavy atom. The van der Waals surface area contributed by atoms with E-state index in [1.807, 2.05) is 7.05 Å². The van der Waals surface area contributed by atoms with Crippen LogP contribution in [-0.4, -0.2) is 30.7 Å². The van der Waals surface area contributed by atoms with E-state index < -0.39 is 5.67 Å². The summed E-state index contributed by atoms with van der Waals surface area (Å²) >= 11 is 0. The summed E-state index contributed by atoms with van der Waals surface area (Å²) < 4.78 is 13.9. The zero-order chi connectivity index (χ0) is 9.19. The van der Waals surface area contributed by atoms with Crippen molar-refractivity contribution in [3.63, 3.8) is 0 Å². The molecule has 12 heavy (non-hydrogen) atoms. The monoisotopic (exact) mass is 171 g/mol. The molecule has 0 aliphatic carbocycles. The van der Waals surface area contributed by atoms with Gasteiger partial charge < -0.3 is 4.90 Å². The van der Waals surface area contributed by atoms with Gasteiger partial charge in [0.1, 0.15) is 5.67 Å². The van der Waals surface area contributed by atoms with Gasteiger partial charge in [0.15, 0.2) is 0 Å². The highest BCUT2D eigenvalue weighted by atomic mass is 19.1. The maximum Gasteiger partial charge on any atom is 0.115 e. The lowest BCUT2D eigenvalue weighted by Gasteiger charge is -2.26. The van der Waals surface area contributed by atoms with Crippen molar-refractivity contribution in [2.24, 2.45) is 5.92 Å². The van der Waals surface area contributed by atoms with Crippen molar-refractivity contribution in [3.8, 4) is 0 Å². The van der Waals surface area contributed by atoms with E-state index in [-0.39, 0.29) is 5.92 Å². The number of hydrogen-bond acceptors (Lipinski definition) is 1. The third-order valence-corrected chi connectivity index (χ3v) is 2.77. The maximum absolute atomic E-state index is 13.9. The van der Waals surface area contributed by atoms with E-state index in [1.54, 1.807) is 13.0 Å². The van der Waals surface area contributed by atoms with E-state index in [0.717, 1.165) is 19.5 Å². The molecule has 1 aliphatic heterocycles. The van der Waals surface area contributed by atoms with Crippen molar-refractivity contribution in [1.82, 2.24) is 4.90 Å². The molecule has 1 heterocycles. The molecule has 0 bridgehead atoms. The van der Waals surface area contributed by atoms with Crippen LogP contribution in [0, 0.1) is 5.92 Å². The van der Waals surface area contributed by atoms with Gasteiger partial charge in [-0.3, -0.25) is 0 Å². The lowest BCUT2D eigenvalue weighted by molar-refractivity contribution is 0.118. The number of hydrogen-bond donors (Lipinski definition) is 0. The third-order valence-electron chi connectivity index (χ3n) is 2.77. The first kappa shape index (κ1) is 9.72. The Hall–Kier alpha value is -0.370. The predicted octanol–water partition coefficient (Wildman–Crippen LogP) is 2.24. The Bertz CT molecular complexity index is 165. The fourth-order valence-corrected chi connectivity index (χ4v) is 1.82. The van der Waals surface area contributed by atoms with Crippen LogP contribution < -0.4 is 0 Å². The molecule has 0 saturated carbocycles. The molecule has 0 unspecified atom stereocenters. The highest BCUT2D eigenvalue weighted by Crippen LogP contribution is 2.31. The average Bonchev–Trinajstić information content (AvgIpc) is 2.10. The number of rotatable bonds is 1. The van der Waals surface area contributed by atoms with Crippen molar-refractivity contribution in [1.29, 1.82) is 0 Å². The van der Waals surface area contributed by atoms with Crippen molar-refractivity contribution in [2.75, 3.05) is 20.1 Å². The van der Waals surface area contributed by atoms with E-state index in [4.69, 9.17) is 0 Å². The van der Waals surface area contributed by atoms with Crippen molar-refractivity contribution in [3.05, 3.63) is 12.7 Å². The van der Waals surface area contributed by atoms with Crippen LogP contribution in [0.2, 0.25) is 0 Å². The van der Waals surface area contributed by atoms with Crippen molar-refractivity contribution >= 4 is 0 Å². The summed E-state index contributed by atoms with van der Waals surface area (Å²) in [5.74, 6) is -0.00926. The second-order valence-electron chi connectivity index (χ2n) is 3.99. The molecular formula is C10H18FN. The standard InChI is InChI=1S/C10H18FN/c1-4-9-8-12(3)7-5-6-10(9,2)11/h4,9H,1,5-8H2,2-3H3/t9-,10+/m1/s1. The molecule has 0 aromatic heterocycles. The summed E-state index contributed by atoms with van der Waals surface area (Å²) in [5.41, 5.74) is -1.05. The number of nitrogens with zero attached hydrogens (tertiary/aromatic N) is 1. The Morgan fingerprint density at radius 3 is 2.92 bits per heavy atom. The van der Waals surface area contributed by atoms with Crippen LogP contribution in [0.1, 0.15) is 19.8 Å². The van der Waals surface area contributed by atoms with Gasteiger partial charge in [0.25, 0.3) is 0 Å². The minimum absolute atomic E-state index is 0.00926. The highest BCUT2D eigenvalue weighted by molar-refractivity contribution is 4.96. The summed E-state index contributed by atoms with van der Waals surface area (Å²) in [6, 6.07) is 0. The summed E-state index contributed by atoms with van der Waals surface area (Å²) in [7, 11) is 2.04. The molecule has 0 N–H and O–H groups in total. The van der Waals surface area contributed by atoms with Gasteiger partial charge in [0, 0.05) is 12.5 Å². The first-order valence-electron chi connectivity index (χ1n) is 4.56. The molecule has 0 amide bonds. The van der Waals surface area contributed by atoms with E-state index in [0.29, 0.717) is 6.42 Å². The number of alkyl halides is 1. The summed E-state index contributed by atoms with van der Waals surface area (Å²) in [6.07, 6.45) is 3.36. The summed E-state index contributed by atoms with van der Waals surface area (Å²) in [6.45, 7) is 7.19. The molecular weight excluding hydrogens is 153 g/mol. The first-order valence-corrected chi connectivity index (χ1v) is 4.56. The van der Waals surface area contributed by atoms with Crippen LogP contribution in [0.3, 0.4) is 0 Å². The van der Waals surface area contributed by atoms with Gasteiger partial charge in [0.2, 0.25) is 0 Å². The second kappa shape index (κ2) is 3.56. The zero-order valence-corrected chi connectivity index (χ0v) is 8.02. The smallest absolute Gasteiger partial charge is 0.115 e. The Balaban J connectivity index is 2.69. The van der Waals surface area contributed by atoms with Gasteiger partial charge in [-0.15, -0.1) is 6.58 Å². The van der Waals surface area contributed by atoms with Gasteiger partial charge in [0.05, 0.1) is 0 Å². The van der Waals surface area contributed by atoms with E-state index in [9.17, 15) is 4.39 Å². The summed E-state index contributed by atoms with van der Waals surface area (Å²) in [5, 5.41) is 0. The van der Waals surface area contributed by atoms with Gasteiger partial charge in [-0.1, -0.05) is 6.08 Å². The number of likely N-dealkylation sites (tertiary alicyclic amines) is 1. The van der Waals surface area contributed by atoms with E-state index in [2.05, 4.69) is 11.5 Å². The van der Waals surface area contributed by atoms with Crippen LogP contribution in [0.25, 0.3) is 0 Å². The van der Waals surface area contributed by atoms with Crippen LogP contribution in [0.5, 0.6) is 0 Å². The van der Waals surface area contributed by atoms with Crippen molar-refractivity contribution < 1.29 is 4.39 Å².